The molecular weight excluding hydrogens is 375 g/mol. The first-order valence-corrected chi connectivity index (χ1v) is 10.8. The molecule has 1 atom stereocenters. The average molecular weight is 391 g/mol. The Hall–Kier alpha value is -3.55. The van der Waals surface area contributed by atoms with Gasteiger partial charge in [-0.3, -0.25) is 4.40 Å². The van der Waals surface area contributed by atoms with Crippen LogP contribution >= 0.6 is 7.80 Å². The minimum Gasteiger partial charge on any atom is -0.292 e. The van der Waals surface area contributed by atoms with Crippen molar-refractivity contribution in [3.63, 3.8) is 0 Å². The Kier molecular flexibility index (Phi) is 3.53. The second kappa shape index (κ2) is 6.23. The van der Waals surface area contributed by atoms with Crippen LogP contribution in [-0.4, -0.2) is 9.38 Å². The predicted octanol–water partition coefficient (Wildman–Crippen LogP) is 5.57. The van der Waals surface area contributed by atoms with Gasteiger partial charge in [-0.05, 0) is 47.9 Å². The van der Waals surface area contributed by atoms with E-state index >= 15 is 0 Å². The van der Waals surface area contributed by atoms with Crippen molar-refractivity contribution in [2.75, 3.05) is 0 Å². The number of pyridine rings is 1. The van der Waals surface area contributed by atoms with E-state index in [1.165, 1.54) is 5.39 Å². The van der Waals surface area contributed by atoms with E-state index < -0.39 is 7.80 Å². The van der Waals surface area contributed by atoms with Crippen molar-refractivity contribution in [3.05, 3.63) is 97.1 Å². The fourth-order valence-electron chi connectivity index (χ4n) is 4.14. The van der Waals surface area contributed by atoms with E-state index in [-0.39, 0.29) is 0 Å². The molecule has 2 aromatic heterocycles. The second-order valence-electron chi connectivity index (χ2n) is 7.14. The summed E-state index contributed by atoms with van der Waals surface area (Å²) in [7, 11) is -1.65. The van der Waals surface area contributed by atoms with Crippen LogP contribution in [-0.2, 0) is 4.57 Å². The maximum atomic E-state index is 13.2. The summed E-state index contributed by atoms with van der Waals surface area (Å²) in [5.74, 6) is 0. The SMILES string of the molecule is O=[P+](c1ccccc1)c1ccc2c3ccccc3n3c4ccccc4nc3c2c1. The molecule has 4 heteroatoms. The summed E-state index contributed by atoms with van der Waals surface area (Å²) in [5, 5.41) is 4.98. The molecule has 29 heavy (non-hydrogen) atoms. The molecule has 136 valence electrons. The Labute approximate surface area is 168 Å². The van der Waals surface area contributed by atoms with Crippen molar-refractivity contribution < 1.29 is 4.57 Å². The lowest BCUT2D eigenvalue weighted by Gasteiger charge is -2.08. The van der Waals surface area contributed by atoms with Gasteiger partial charge in [-0.2, -0.15) is 0 Å². The van der Waals surface area contributed by atoms with Gasteiger partial charge in [0.25, 0.3) is 0 Å². The van der Waals surface area contributed by atoms with Gasteiger partial charge in [-0.15, -0.1) is 0 Å². The molecule has 6 aromatic rings. The summed E-state index contributed by atoms with van der Waals surface area (Å²) in [5.41, 5.74) is 4.07. The Morgan fingerprint density at radius 1 is 0.621 bits per heavy atom. The maximum Gasteiger partial charge on any atom is 0.415 e. The fraction of sp³-hybridized carbons (Fsp3) is 0. The van der Waals surface area contributed by atoms with Crippen LogP contribution in [0.5, 0.6) is 0 Å². The Bertz CT molecular complexity index is 1570. The quantitative estimate of drug-likeness (QED) is 0.286. The number of imidazole rings is 1. The van der Waals surface area contributed by atoms with Crippen LogP contribution in [0.2, 0.25) is 0 Å². The Balaban J connectivity index is 1.75. The molecule has 6 rings (SSSR count). The van der Waals surface area contributed by atoms with Crippen LogP contribution in [0.3, 0.4) is 0 Å². The van der Waals surface area contributed by atoms with Gasteiger partial charge in [0.05, 0.1) is 16.6 Å². The number of nitrogens with zero attached hydrogens (tertiary/aromatic N) is 2. The summed E-state index contributed by atoms with van der Waals surface area (Å²) < 4.78 is 15.4. The van der Waals surface area contributed by atoms with E-state index in [4.69, 9.17) is 4.98 Å². The number of para-hydroxylation sites is 3. The molecule has 0 saturated heterocycles. The highest BCUT2D eigenvalue weighted by Crippen LogP contribution is 2.33. The van der Waals surface area contributed by atoms with E-state index in [0.29, 0.717) is 0 Å². The third-order valence-electron chi connectivity index (χ3n) is 5.47. The van der Waals surface area contributed by atoms with Gasteiger partial charge in [0.2, 0.25) is 0 Å². The lowest BCUT2D eigenvalue weighted by Crippen LogP contribution is -2.06. The van der Waals surface area contributed by atoms with E-state index in [0.717, 1.165) is 43.6 Å². The van der Waals surface area contributed by atoms with Crippen molar-refractivity contribution in [1.82, 2.24) is 9.38 Å². The minimum atomic E-state index is -1.65. The first-order chi connectivity index (χ1) is 14.3. The lowest BCUT2D eigenvalue weighted by molar-refractivity contribution is 0.598. The molecule has 3 nitrogen and oxygen atoms in total. The van der Waals surface area contributed by atoms with Crippen LogP contribution in [0.1, 0.15) is 0 Å². The number of fused-ring (bicyclic) bond motifs is 8. The molecule has 0 saturated carbocycles. The smallest absolute Gasteiger partial charge is 0.292 e. The molecule has 4 aromatic carbocycles. The molecule has 0 radical (unpaired) electrons. The molecule has 1 unspecified atom stereocenters. The molecule has 0 fully saturated rings. The molecule has 0 aliphatic rings. The fourth-order valence-corrected chi connectivity index (χ4v) is 5.34. The highest BCUT2D eigenvalue weighted by atomic mass is 31.1. The third-order valence-corrected chi connectivity index (χ3v) is 6.98. The van der Waals surface area contributed by atoms with Crippen molar-refractivity contribution in [3.8, 4) is 0 Å². The second-order valence-corrected chi connectivity index (χ2v) is 8.76. The van der Waals surface area contributed by atoms with Crippen LogP contribution in [0, 0.1) is 0 Å². The zero-order valence-corrected chi connectivity index (χ0v) is 16.4. The Morgan fingerprint density at radius 2 is 1.34 bits per heavy atom. The molecule has 0 aliphatic heterocycles. The summed E-state index contributed by atoms with van der Waals surface area (Å²) in [6.45, 7) is 0. The zero-order valence-electron chi connectivity index (χ0n) is 15.5. The van der Waals surface area contributed by atoms with Crippen molar-refractivity contribution in [2.45, 2.75) is 0 Å². The van der Waals surface area contributed by atoms with Crippen LogP contribution in [0.15, 0.2) is 97.1 Å². The van der Waals surface area contributed by atoms with Crippen molar-refractivity contribution in [2.24, 2.45) is 0 Å². The van der Waals surface area contributed by atoms with Crippen molar-refractivity contribution in [1.29, 1.82) is 0 Å². The predicted molar refractivity (Wildman–Crippen MR) is 121 cm³/mol. The first kappa shape index (κ1) is 16.4. The largest absolute Gasteiger partial charge is 0.415 e. The molecule has 0 bridgehead atoms. The standard InChI is InChI=1S/C25H16N2OP/c28-29(17-8-2-1-3-9-17)18-14-15-19-20-10-4-6-12-23(20)27-24-13-7-5-11-22(24)26-25(27)21(19)16-18/h1-16H/q+1. The molecule has 0 spiro atoms. The van der Waals surface area contributed by atoms with Crippen LogP contribution in [0.25, 0.3) is 38.4 Å². The summed E-state index contributed by atoms with van der Waals surface area (Å²) in [4.78, 5) is 4.93. The van der Waals surface area contributed by atoms with E-state index in [9.17, 15) is 4.57 Å². The van der Waals surface area contributed by atoms with E-state index in [1.807, 2.05) is 54.6 Å². The van der Waals surface area contributed by atoms with Gasteiger partial charge in [0.1, 0.15) is 5.65 Å². The first-order valence-electron chi connectivity index (χ1n) is 9.55. The van der Waals surface area contributed by atoms with E-state index in [1.54, 1.807) is 0 Å². The summed E-state index contributed by atoms with van der Waals surface area (Å²) in [6, 6.07) is 32.3. The summed E-state index contributed by atoms with van der Waals surface area (Å²) >= 11 is 0. The summed E-state index contributed by atoms with van der Waals surface area (Å²) in [6.07, 6.45) is 0. The van der Waals surface area contributed by atoms with Gasteiger partial charge in [0.15, 0.2) is 10.6 Å². The minimum absolute atomic E-state index is 0.822. The van der Waals surface area contributed by atoms with Gasteiger partial charge in [-0.1, -0.05) is 53.1 Å². The van der Waals surface area contributed by atoms with Crippen LogP contribution in [0.4, 0.5) is 0 Å². The molecule has 0 N–H and O–H groups in total. The highest BCUT2D eigenvalue weighted by Gasteiger charge is 2.24. The number of rotatable bonds is 2. The van der Waals surface area contributed by atoms with Crippen LogP contribution < -0.4 is 10.6 Å². The topological polar surface area (TPSA) is 34.4 Å². The Morgan fingerprint density at radius 3 is 2.21 bits per heavy atom. The van der Waals surface area contributed by atoms with Gasteiger partial charge >= 0.3 is 7.80 Å². The molecular formula is C25H16N2OP+. The third kappa shape index (κ3) is 2.41. The molecule has 0 amide bonds. The number of aromatic nitrogens is 2. The van der Waals surface area contributed by atoms with Crippen molar-refractivity contribution >= 4 is 56.8 Å². The lowest BCUT2D eigenvalue weighted by atomic mass is 10.1. The van der Waals surface area contributed by atoms with Gasteiger partial charge in [0, 0.05) is 16.8 Å². The monoisotopic (exact) mass is 391 g/mol. The molecule has 0 aliphatic carbocycles. The van der Waals surface area contributed by atoms with Gasteiger partial charge in [-0.25, -0.2) is 4.98 Å². The molecule has 2 heterocycles. The normalized spacial score (nSPS) is 12.2. The highest BCUT2D eigenvalue weighted by molar-refractivity contribution is 7.61. The zero-order chi connectivity index (χ0) is 19.4. The maximum absolute atomic E-state index is 13.2. The van der Waals surface area contributed by atoms with E-state index in [2.05, 4.69) is 46.9 Å². The number of hydrogen-bond donors (Lipinski definition) is 0. The van der Waals surface area contributed by atoms with Gasteiger partial charge < -0.3 is 0 Å². The number of benzene rings is 4. The number of hydrogen-bond acceptors (Lipinski definition) is 2. The average Bonchev–Trinajstić information content (AvgIpc) is 3.19.